The van der Waals surface area contributed by atoms with Gasteiger partial charge in [-0.15, -0.1) is 0 Å². The molecular formula is C30H33BrN6O4. The predicted molar refractivity (Wildman–Crippen MR) is 160 cm³/mol. The summed E-state index contributed by atoms with van der Waals surface area (Å²) in [6, 6.07) is 22.5. The van der Waals surface area contributed by atoms with Crippen LogP contribution in [-0.2, 0) is 22.5 Å². The second-order valence-electron chi connectivity index (χ2n) is 9.56. The van der Waals surface area contributed by atoms with Gasteiger partial charge in [0.05, 0.1) is 13.2 Å². The van der Waals surface area contributed by atoms with Crippen LogP contribution in [0.4, 0.5) is 0 Å². The van der Waals surface area contributed by atoms with Crippen LogP contribution < -0.4 is 15.6 Å². The number of benzene rings is 3. The summed E-state index contributed by atoms with van der Waals surface area (Å²) >= 11 is 3.49. The van der Waals surface area contributed by atoms with E-state index in [0.717, 1.165) is 22.0 Å². The number of nitrogens with zero attached hydrogens (tertiary/aromatic N) is 4. The van der Waals surface area contributed by atoms with Crippen LogP contribution in [0, 0.1) is 0 Å². The Kier molecular flexibility index (Phi) is 10.8. The number of azide groups is 1. The number of halogens is 1. The molecule has 0 saturated carbocycles. The zero-order valence-corrected chi connectivity index (χ0v) is 24.4. The van der Waals surface area contributed by atoms with Crippen molar-refractivity contribution in [2.75, 3.05) is 19.8 Å². The van der Waals surface area contributed by atoms with Crippen LogP contribution >= 0.6 is 15.9 Å². The molecule has 3 N–H and O–H groups in total. The lowest BCUT2D eigenvalue weighted by Crippen LogP contribution is -2.54. The molecule has 11 heteroatoms. The van der Waals surface area contributed by atoms with E-state index in [1.54, 1.807) is 12.1 Å². The van der Waals surface area contributed by atoms with Crippen LogP contribution in [0.1, 0.15) is 48.1 Å². The van der Waals surface area contributed by atoms with Gasteiger partial charge < -0.3 is 14.6 Å². The van der Waals surface area contributed by atoms with Gasteiger partial charge >= 0.3 is 0 Å². The van der Waals surface area contributed by atoms with Gasteiger partial charge in [-0.05, 0) is 65.0 Å². The number of hydrazine groups is 1. The van der Waals surface area contributed by atoms with Gasteiger partial charge in [0.1, 0.15) is 5.75 Å². The van der Waals surface area contributed by atoms with Crippen LogP contribution in [0.25, 0.3) is 10.4 Å². The molecule has 4 rings (SSSR count). The number of carbonyl (C=O) groups is 1. The maximum atomic E-state index is 14.1. The van der Waals surface area contributed by atoms with E-state index in [4.69, 9.17) is 25.1 Å². The quantitative estimate of drug-likeness (QED) is 0.0712. The Morgan fingerprint density at radius 3 is 2.63 bits per heavy atom. The lowest BCUT2D eigenvalue weighted by molar-refractivity contribution is -0.130. The number of ether oxygens (including phenoxy) is 2. The molecule has 0 fully saturated rings. The Morgan fingerprint density at radius 1 is 1.17 bits per heavy atom. The first-order valence-corrected chi connectivity index (χ1v) is 14.3. The fourth-order valence-electron chi connectivity index (χ4n) is 4.59. The van der Waals surface area contributed by atoms with E-state index >= 15 is 0 Å². The molecule has 0 unspecified atom stereocenters. The van der Waals surface area contributed by atoms with Gasteiger partial charge in [0, 0.05) is 40.9 Å². The molecule has 3 aromatic carbocycles. The lowest BCUT2D eigenvalue weighted by atomic mass is 9.81. The number of hydrogen-bond acceptors (Lipinski definition) is 7. The lowest BCUT2D eigenvalue weighted by Gasteiger charge is -2.31. The second-order valence-corrected chi connectivity index (χ2v) is 10.5. The molecular weight excluding hydrogens is 588 g/mol. The van der Waals surface area contributed by atoms with Crippen LogP contribution in [-0.4, -0.2) is 42.2 Å². The highest BCUT2D eigenvalue weighted by Crippen LogP contribution is 2.43. The minimum Gasteiger partial charge on any atom is -0.494 e. The Balaban J connectivity index is 1.81. The largest absolute Gasteiger partial charge is 0.494 e. The van der Waals surface area contributed by atoms with Crippen LogP contribution in [0.5, 0.6) is 5.75 Å². The summed E-state index contributed by atoms with van der Waals surface area (Å²) in [5.41, 5.74) is 16.5. The number of carbonyl (C=O) groups excluding carboxylic acids is 1. The Labute approximate surface area is 247 Å². The van der Waals surface area contributed by atoms with Crippen molar-refractivity contribution in [1.82, 2.24) is 10.9 Å². The molecule has 0 aliphatic carbocycles. The Morgan fingerprint density at radius 2 is 1.93 bits per heavy atom. The molecule has 2 atom stereocenters. The molecule has 41 heavy (non-hydrogen) atoms. The number of hydrogen-bond donors (Lipinski definition) is 3. The van der Waals surface area contributed by atoms with E-state index in [1.165, 1.54) is 0 Å². The summed E-state index contributed by atoms with van der Waals surface area (Å²) in [5, 5.41) is 12.8. The summed E-state index contributed by atoms with van der Waals surface area (Å²) < 4.78 is 13.2. The smallest absolute Gasteiger partial charge is 0.266 e. The van der Waals surface area contributed by atoms with Gasteiger partial charge in [0.15, 0.2) is 11.6 Å². The minimum absolute atomic E-state index is 0.0564. The highest BCUT2D eigenvalue weighted by atomic mass is 79.9. The topological polar surface area (TPSA) is 141 Å². The fraction of sp³-hybridized carbons (Fsp3) is 0.333. The van der Waals surface area contributed by atoms with Crippen LogP contribution in [0.2, 0.25) is 0 Å². The van der Waals surface area contributed by atoms with E-state index in [-0.39, 0.29) is 25.5 Å². The number of rotatable bonds is 14. The summed E-state index contributed by atoms with van der Waals surface area (Å²) in [7, 11) is 0. The van der Waals surface area contributed by atoms with Crippen molar-refractivity contribution in [1.29, 1.82) is 0 Å². The summed E-state index contributed by atoms with van der Waals surface area (Å²) in [6.07, 6.45) is 0.812. The van der Waals surface area contributed by atoms with Gasteiger partial charge in [-0.2, -0.15) is 0 Å². The molecule has 10 nitrogen and oxygen atoms in total. The molecule has 0 radical (unpaired) electrons. The van der Waals surface area contributed by atoms with Gasteiger partial charge in [0.25, 0.3) is 5.91 Å². The fourth-order valence-corrected chi connectivity index (χ4v) is 4.85. The average Bonchev–Trinajstić information content (AvgIpc) is 3.38. The standard InChI is InChI=1S/C30H33BrN6O4/c1-2-16-33-36-29(39)30(19-21-8-12-24(31)13-9-21)27(26-7-4-3-6-23(26)20-34-37-32)41-28(35-30)22-10-14-25(15-11-22)40-18-5-17-38/h3-4,6-15,27,33,38H,2,5,16-20H2,1H3,(H,36,39)/t27-,30-/m0/s1. The number of amides is 1. The molecule has 1 amide bonds. The average molecular weight is 622 g/mol. The number of aliphatic hydroxyl groups is 1. The minimum atomic E-state index is -1.38. The van der Waals surface area contributed by atoms with Crippen molar-refractivity contribution in [2.24, 2.45) is 10.1 Å². The van der Waals surface area contributed by atoms with E-state index in [9.17, 15) is 4.79 Å². The summed E-state index contributed by atoms with van der Waals surface area (Å²) in [6.45, 7) is 3.16. The van der Waals surface area contributed by atoms with E-state index in [2.05, 4.69) is 36.8 Å². The summed E-state index contributed by atoms with van der Waals surface area (Å²) in [4.78, 5) is 22.1. The molecule has 3 aromatic rings. The third kappa shape index (κ3) is 7.45. The predicted octanol–water partition coefficient (Wildman–Crippen LogP) is 5.55. The Bertz CT molecular complexity index is 1390. The highest BCUT2D eigenvalue weighted by molar-refractivity contribution is 9.10. The SMILES string of the molecule is CCCNNC(=O)[C@@]1(Cc2ccc(Br)cc2)N=C(c2ccc(OCCCO)cc2)O[C@H]1c1ccccc1CN=[N+]=[N-]. The van der Waals surface area contributed by atoms with E-state index in [1.807, 2.05) is 67.6 Å². The van der Waals surface area contributed by atoms with Crippen LogP contribution in [0.3, 0.4) is 0 Å². The Hall–Kier alpha value is -3.89. The van der Waals surface area contributed by atoms with Gasteiger partial charge in [-0.1, -0.05) is 64.4 Å². The molecule has 0 spiro atoms. The molecule has 0 bridgehead atoms. The van der Waals surface area contributed by atoms with Crippen molar-refractivity contribution in [3.63, 3.8) is 0 Å². The molecule has 0 aromatic heterocycles. The third-order valence-corrected chi connectivity index (χ3v) is 7.16. The monoisotopic (exact) mass is 620 g/mol. The number of aliphatic imine (C=N–C) groups is 1. The second kappa shape index (κ2) is 14.7. The molecule has 214 valence electrons. The van der Waals surface area contributed by atoms with Gasteiger partial charge in [-0.3, -0.25) is 10.2 Å². The van der Waals surface area contributed by atoms with Gasteiger partial charge in [-0.25, -0.2) is 10.4 Å². The van der Waals surface area contributed by atoms with Gasteiger partial charge in [0.2, 0.25) is 5.90 Å². The number of aliphatic hydroxyl groups excluding tert-OH is 1. The van der Waals surface area contributed by atoms with E-state index in [0.29, 0.717) is 42.3 Å². The van der Waals surface area contributed by atoms with E-state index < -0.39 is 11.6 Å². The van der Waals surface area contributed by atoms with Crippen molar-refractivity contribution < 1.29 is 19.4 Å². The molecule has 1 heterocycles. The van der Waals surface area contributed by atoms with Crippen molar-refractivity contribution >= 4 is 27.7 Å². The maximum absolute atomic E-state index is 14.1. The first kappa shape index (κ1) is 30.1. The number of nitrogens with one attached hydrogen (secondary N) is 2. The van der Waals surface area contributed by atoms with Crippen molar-refractivity contribution in [3.05, 3.63) is 110 Å². The summed E-state index contributed by atoms with van der Waals surface area (Å²) in [5.74, 6) is 0.634. The van der Waals surface area contributed by atoms with Crippen LogP contribution in [0.15, 0.2) is 87.4 Å². The molecule has 0 saturated heterocycles. The highest BCUT2D eigenvalue weighted by Gasteiger charge is 2.53. The first-order chi connectivity index (χ1) is 20.0. The van der Waals surface area contributed by atoms with Crippen molar-refractivity contribution in [3.8, 4) is 5.75 Å². The van der Waals surface area contributed by atoms with Crippen molar-refractivity contribution in [2.45, 2.75) is 44.4 Å². The first-order valence-electron chi connectivity index (χ1n) is 13.5. The third-order valence-electron chi connectivity index (χ3n) is 6.64. The maximum Gasteiger partial charge on any atom is 0.266 e. The molecule has 1 aliphatic heterocycles. The normalized spacial score (nSPS) is 17.7. The zero-order valence-electron chi connectivity index (χ0n) is 22.8. The zero-order chi connectivity index (χ0) is 29.1. The molecule has 1 aliphatic rings.